The summed E-state index contributed by atoms with van der Waals surface area (Å²) in [5, 5.41) is 0.0549. The number of carbonyl (C=O) groups is 1. The van der Waals surface area contributed by atoms with E-state index in [0.717, 1.165) is 37.2 Å². The van der Waals surface area contributed by atoms with Crippen LogP contribution in [0, 0.1) is 11.7 Å². The monoisotopic (exact) mass is 328 g/mol. The largest absolute Gasteiger partial charge is 0.375 e. The van der Waals surface area contributed by atoms with Gasteiger partial charge in [0.15, 0.2) is 5.78 Å². The fourth-order valence-corrected chi connectivity index (χ4v) is 4.58. The van der Waals surface area contributed by atoms with Crippen LogP contribution in [0.5, 0.6) is 0 Å². The molecule has 0 radical (unpaired) electrons. The molecule has 21 heavy (non-hydrogen) atoms. The van der Waals surface area contributed by atoms with Crippen molar-refractivity contribution in [1.82, 2.24) is 0 Å². The van der Waals surface area contributed by atoms with Gasteiger partial charge in [0.1, 0.15) is 5.82 Å². The highest BCUT2D eigenvalue weighted by molar-refractivity contribution is 7.99. The lowest BCUT2D eigenvalue weighted by molar-refractivity contribution is -0.0959. The van der Waals surface area contributed by atoms with Crippen molar-refractivity contribution in [2.24, 2.45) is 5.92 Å². The molecule has 1 atom stereocenters. The summed E-state index contributed by atoms with van der Waals surface area (Å²) >= 11 is 7.62. The summed E-state index contributed by atoms with van der Waals surface area (Å²) in [5.74, 6) is 1.61. The van der Waals surface area contributed by atoms with Crippen LogP contribution in [0.2, 0.25) is 5.02 Å². The zero-order valence-electron chi connectivity index (χ0n) is 11.7. The van der Waals surface area contributed by atoms with E-state index in [1.165, 1.54) is 12.1 Å². The maximum Gasteiger partial charge on any atom is 0.166 e. The first-order valence-electron chi connectivity index (χ1n) is 7.31. The first-order valence-corrected chi connectivity index (χ1v) is 8.84. The van der Waals surface area contributed by atoms with Crippen molar-refractivity contribution in [1.29, 1.82) is 0 Å². The molecular formula is C16H18ClFO2S. The van der Waals surface area contributed by atoms with Crippen LogP contribution in [0.3, 0.4) is 0 Å². The number of hydrogen-bond donors (Lipinski definition) is 0. The van der Waals surface area contributed by atoms with E-state index in [2.05, 4.69) is 0 Å². The summed E-state index contributed by atoms with van der Waals surface area (Å²) < 4.78 is 19.5. The summed E-state index contributed by atoms with van der Waals surface area (Å²) in [6.07, 6.45) is 3.50. The molecule has 3 rings (SSSR count). The Labute approximate surface area is 133 Å². The van der Waals surface area contributed by atoms with Crippen LogP contribution in [0.25, 0.3) is 0 Å². The van der Waals surface area contributed by atoms with Gasteiger partial charge in [0.25, 0.3) is 0 Å². The van der Waals surface area contributed by atoms with Gasteiger partial charge in [0, 0.05) is 18.1 Å². The van der Waals surface area contributed by atoms with Gasteiger partial charge in [-0.2, -0.15) is 11.8 Å². The highest BCUT2D eigenvalue weighted by atomic mass is 35.5. The lowest BCUT2D eigenvalue weighted by atomic mass is 9.79. The molecule has 2 fully saturated rings. The van der Waals surface area contributed by atoms with Gasteiger partial charge in [-0.3, -0.25) is 4.79 Å². The molecular weight excluding hydrogens is 311 g/mol. The van der Waals surface area contributed by atoms with E-state index in [9.17, 15) is 9.18 Å². The molecule has 0 amide bonds. The number of ether oxygens (including phenoxy) is 1. The van der Waals surface area contributed by atoms with Gasteiger partial charge < -0.3 is 4.74 Å². The minimum Gasteiger partial charge on any atom is -0.375 e. The Hall–Kier alpha value is -0.580. The third-order valence-corrected chi connectivity index (χ3v) is 5.76. The minimum absolute atomic E-state index is 0.0199. The Balaban J connectivity index is 1.76. The molecule has 1 aromatic carbocycles. The second-order valence-corrected chi connectivity index (χ2v) is 7.46. The van der Waals surface area contributed by atoms with Crippen molar-refractivity contribution < 1.29 is 13.9 Å². The molecule has 0 N–H and O–H groups in total. The fourth-order valence-electron chi connectivity index (χ4n) is 3.23. The van der Waals surface area contributed by atoms with Crippen LogP contribution in [-0.2, 0) is 4.74 Å². The van der Waals surface area contributed by atoms with Crippen LogP contribution in [0.4, 0.5) is 4.39 Å². The van der Waals surface area contributed by atoms with E-state index in [-0.39, 0.29) is 22.3 Å². The predicted molar refractivity (Wildman–Crippen MR) is 83.7 cm³/mol. The van der Waals surface area contributed by atoms with Crippen molar-refractivity contribution in [3.05, 3.63) is 34.6 Å². The third-order valence-electron chi connectivity index (χ3n) is 4.47. The van der Waals surface area contributed by atoms with Gasteiger partial charge in [0.2, 0.25) is 0 Å². The predicted octanol–water partition coefficient (Wildman–Crippen LogP) is 4.35. The van der Waals surface area contributed by atoms with Crippen LogP contribution >= 0.6 is 23.4 Å². The van der Waals surface area contributed by atoms with Crippen molar-refractivity contribution in [3.8, 4) is 0 Å². The first kappa shape index (κ1) is 15.3. The highest BCUT2D eigenvalue weighted by Gasteiger charge is 2.41. The number of carbonyl (C=O) groups excluding carboxylic acids is 1. The number of benzene rings is 1. The topological polar surface area (TPSA) is 26.3 Å². The maximum atomic E-state index is 13.5. The van der Waals surface area contributed by atoms with Crippen molar-refractivity contribution >= 4 is 29.1 Å². The second-order valence-electron chi connectivity index (χ2n) is 5.83. The Bertz CT molecular complexity index is 538. The fraction of sp³-hybridized carbons (Fsp3) is 0.562. The molecule has 1 spiro atoms. The zero-order chi connectivity index (χ0) is 14.9. The lowest BCUT2D eigenvalue weighted by Gasteiger charge is -2.42. The second kappa shape index (κ2) is 6.27. The summed E-state index contributed by atoms with van der Waals surface area (Å²) in [5.41, 5.74) is 0.290. The molecule has 2 nitrogen and oxygen atoms in total. The number of rotatable bonds is 2. The Morgan fingerprint density at radius 1 is 1.38 bits per heavy atom. The molecule has 0 saturated carbocycles. The van der Waals surface area contributed by atoms with E-state index in [1.54, 1.807) is 6.07 Å². The van der Waals surface area contributed by atoms with Crippen LogP contribution in [0.1, 0.15) is 36.0 Å². The van der Waals surface area contributed by atoms with E-state index in [4.69, 9.17) is 16.3 Å². The number of ketones is 1. The van der Waals surface area contributed by atoms with Crippen LogP contribution in [-0.4, -0.2) is 29.5 Å². The maximum absolute atomic E-state index is 13.5. The number of thioether (sulfide) groups is 1. The molecule has 2 saturated heterocycles. The molecule has 0 bridgehead atoms. The summed E-state index contributed by atoms with van der Waals surface area (Å²) in [6.45, 7) is 0.622. The Kier molecular flexibility index (Phi) is 4.57. The molecule has 1 unspecified atom stereocenters. The quantitative estimate of drug-likeness (QED) is 0.755. The van der Waals surface area contributed by atoms with E-state index in [0.29, 0.717) is 12.2 Å². The molecule has 2 aliphatic heterocycles. The van der Waals surface area contributed by atoms with E-state index in [1.807, 2.05) is 11.8 Å². The van der Waals surface area contributed by atoms with Crippen molar-refractivity contribution in [2.75, 3.05) is 18.1 Å². The highest BCUT2D eigenvalue weighted by Crippen LogP contribution is 2.40. The Morgan fingerprint density at radius 3 is 2.86 bits per heavy atom. The SMILES string of the molecule is O=C(c1ccc(Cl)c(F)c1)C1CCOC2(CCSCC2)C1. The standard InChI is InChI=1S/C16H18ClFO2S/c17-13-2-1-11(9-14(13)18)15(19)12-3-6-20-16(10-12)4-7-21-8-5-16/h1-2,9,12H,3-8,10H2. The number of halogens is 2. The van der Waals surface area contributed by atoms with Gasteiger partial charge in [-0.1, -0.05) is 11.6 Å². The van der Waals surface area contributed by atoms with E-state index >= 15 is 0 Å². The lowest BCUT2D eigenvalue weighted by Crippen LogP contribution is -2.44. The zero-order valence-corrected chi connectivity index (χ0v) is 13.3. The summed E-state index contributed by atoms with van der Waals surface area (Å²) in [6, 6.07) is 4.33. The van der Waals surface area contributed by atoms with Gasteiger partial charge in [-0.15, -0.1) is 0 Å². The summed E-state index contributed by atoms with van der Waals surface area (Å²) in [7, 11) is 0. The van der Waals surface area contributed by atoms with Crippen molar-refractivity contribution in [2.45, 2.75) is 31.3 Å². The third kappa shape index (κ3) is 3.27. The van der Waals surface area contributed by atoms with Gasteiger partial charge in [-0.05, 0) is 55.4 Å². The van der Waals surface area contributed by atoms with E-state index < -0.39 is 5.82 Å². The summed E-state index contributed by atoms with van der Waals surface area (Å²) in [4.78, 5) is 12.6. The van der Waals surface area contributed by atoms with Gasteiger partial charge >= 0.3 is 0 Å². The van der Waals surface area contributed by atoms with Gasteiger partial charge in [0.05, 0.1) is 10.6 Å². The smallest absolute Gasteiger partial charge is 0.166 e. The molecule has 0 aliphatic carbocycles. The molecule has 2 aliphatic rings. The molecule has 2 heterocycles. The Morgan fingerprint density at radius 2 is 2.14 bits per heavy atom. The molecule has 1 aromatic rings. The van der Waals surface area contributed by atoms with Crippen LogP contribution < -0.4 is 0 Å². The van der Waals surface area contributed by atoms with Crippen LogP contribution in [0.15, 0.2) is 18.2 Å². The van der Waals surface area contributed by atoms with Crippen molar-refractivity contribution in [3.63, 3.8) is 0 Å². The first-order chi connectivity index (χ1) is 10.1. The number of Topliss-reactive ketones (excluding diaryl/α,β-unsaturated/α-hetero) is 1. The molecule has 5 heteroatoms. The molecule has 114 valence electrons. The average Bonchev–Trinajstić information content (AvgIpc) is 2.50. The molecule has 0 aromatic heterocycles. The number of hydrogen-bond acceptors (Lipinski definition) is 3. The normalized spacial score (nSPS) is 25.0. The van der Waals surface area contributed by atoms with Gasteiger partial charge in [-0.25, -0.2) is 4.39 Å². The minimum atomic E-state index is -0.529. The average molecular weight is 329 g/mol.